The molecule has 2 aliphatic rings. The van der Waals surface area contributed by atoms with Crippen LogP contribution in [0.3, 0.4) is 0 Å². The van der Waals surface area contributed by atoms with Crippen LogP contribution in [0.1, 0.15) is 47.0 Å². The molecule has 1 aliphatic carbocycles. The summed E-state index contributed by atoms with van der Waals surface area (Å²) < 4.78 is 6.02. The van der Waals surface area contributed by atoms with E-state index in [4.69, 9.17) is 4.74 Å². The van der Waals surface area contributed by atoms with Crippen LogP contribution in [0, 0.1) is 23.2 Å². The molecule has 0 aromatic rings. The summed E-state index contributed by atoms with van der Waals surface area (Å²) in [4.78, 5) is 0. The predicted octanol–water partition coefficient (Wildman–Crippen LogP) is 3.48. The number of hydrogen-bond donors (Lipinski definition) is 0. The lowest BCUT2D eigenvalue weighted by atomic mass is 9.67. The van der Waals surface area contributed by atoms with E-state index in [2.05, 4.69) is 27.7 Å². The molecule has 4 atom stereocenters. The highest BCUT2D eigenvalue weighted by Crippen LogP contribution is 2.44. The first kappa shape index (κ1) is 10.5. The molecule has 0 aromatic heterocycles. The zero-order chi connectivity index (χ0) is 10.3. The van der Waals surface area contributed by atoms with Crippen LogP contribution in [-0.4, -0.2) is 12.7 Å². The third-order valence-corrected chi connectivity index (χ3v) is 4.28. The van der Waals surface area contributed by atoms with Crippen LogP contribution in [-0.2, 0) is 4.74 Å². The molecule has 0 radical (unpaired) electrons. The SMILES string of the molecule is C[C@@H]1C[C@H]2CC(C)(C)CO[C@@H]2C[C@@H]1C. The maximum Gasteiger partial charge on any atom is 0.0606 e. The van der Waals surface area contributed by atoms with Gasteiger partial charge in [-0.25, -0.2) is 0 Å². The minimum absolute atomic E-state index is 0.418. The number of fused-ring (bicyclic) bond motifs is 1. The van der Waals surface area contributed by atoms with E-state index in [1.54, 1.807) is 0 Å². The Hall–Kier alpha value is -0.0400. The number of rotatable bonds is 0. The van der Waals surface area contributed by atoms with Crippen LogP contribution < -0.4 is 0 Å². The van der Waals surface area contributed by atoms with Gasteiger partial charge in [0.2, 0.25) is 0 Å². The third kappa shape index (κ3) is 1.98. The number of ether oxygens (including phenoxy) is 1. The van der Waals surface area contributed by atoms with E-state index >= 15 is 0 Å². The first-order chi connectivity index (χ1) is 6.48. The van der Waals surface area contributed by atoms with Crippen LogP contribution in [0.5, 0.6) is 0 Å². The highest BCUT2D eigenvalue weighted by Gasteiger charge is 2.40. The lowest BCUT2D eigenvalue weighted by molar-refractivity contribution is -0.119. The maximum absolute atomic E-state index is 6.02. The second kappa shape index (κ2) is 3.52. The summed E-state index contributed by atoms with van der Waals surface area (Å²) in [7, 11) is 0. The second-order valence-corrected chi connectivity index (χ2v) is 6.40. The van der Waals surface area contributed by atoms with Gasteiger partial charge in [-0.3, -0.25) is 0 Å². The van der Waals surface area contributed by atoms with Gasteiger partial charge in [0.1, 0.15) is 0 Å². The maximum atomic E-state index is 6.02. The van der Waals surface area contributed by atoms with Gasteiger partial charge < -0.3 is 4.74 Å². The molecule has 0 amide bonds. The fourth-order valence-electron chi connectivity index (χ4n) is 3.17. The van der Waals surface area contributed by atoms with Crippen molar-refractivity contribution in [2.45, 2.75) is 53.1 Å². The van der Waals surface area contributed by atoms with Gasteiger partial charge in [0.05, 0.1) is 12.7 Å². The summed E-state index contributed by atoms with van der Waals surface area (Å²) in [6, 6.07) is 0. The summed E-state index contributed by atoms with van der Waals surface area (Å²) >= 11 is 0. The third-order valence-electron chi connectivity index (χ3n) is 4.28. The topological polar surface area (TPSA) is 9.23 Å². The van der Waals surface area contributed by atoms with Crippen molar-refractivity contribution in [3.63, 3.8) is 0 Å². The Morgan fingerprint density at radius 2 is 1.71 bits per heavy atom. The first-order valence-corrected chi connectivity index (χ1v) is 6.09. The van der Waals surface area contributed by atoms with Crippen LogP contribution in [0.25, 0.3) is 0 Å². The predicted molar refractivity (Wildman–Crippen MR) is 59.2 cm³/mol. The quantitative estimate of drug-likeness (QED) is 0.576. The minimum atomic E-state index is 0.418. The van der Waals surface area contributed by atoms with Crippen LogP contribution in [0.15, 0.2) is 0 Å². The lowest BCUT2D eigenvalue weighted by Gasteiger charge is -2.46. The molecular formula is C13H24O. The van der Waals surface area contributed by atoms with Gasteiger partial charge in [0, 0.05) is 0 Å². The fourth-order valence-corrected chi connectivity index (χ4v) is 3.17. The molecular weight excluding hydrogens is 172 g/mol. The van der Waals surface area contributed by atoms with Crippen molar-refractivity contribution >= 4 is 0 Å². The van der Waals surface area contributed by atoms with Crippen molar-refractivity contribution < 1.29 is 4.74 Å². The zero-order valence-electron chi connectivity index (χ0n) is 10.0. The van der Waals surface area contributed by atoms with Crippen LogP contribution in [0.4, 0.5) is 0 Å². The Bertz CT molecular complexity index is 209. The largest absolute Gasteiger partial charge is 0.377 e. The molecule has 0 aromatic carbocycles. The molecule has 82 valence electrons. The molecule has 1 heteroatoms. The monoisotopic (exact) mass is 196 g/mol. The van der Waals surface area contributed by atoms with Crippen LogP contribution >= 0.6 is 0 Å². The molecule has 1 nitrogen and oxygen atoms in total. The lowest BCUT2D eigenvalue weighted by Crippen LogP contribution is -2.44. The van der Waals surface area contributed by atoms with Gasteiger partial charge in [-0.05, 0) is 42.4 Å². The van der Waals surface area contributed by atoms with Crippen molar-refractivity contribution in [2.75, 3.05) is 6.61 Å². The van der Waals surface area contributed by atoms with E-state index in [-0.39, 0.29) is 0 Å². The average molecular weight is 196 g/mol. The second-order valence-electron chi connectivity index (χ2n) is 6.40. The minimum Gasteiger partial charge on any atom is -0.377 e. The molecule has 0 N–H and O–H groups in total. The molecule has 1 aliphatic heterocycles. The van der Waals surface area contributed by atoms with Crippen molar-refractivity contribution in [3.8, 4) is 0 Å². The van der Waals surface area contributed by atoms with Gasteiger partial charge >= 0.3 is 0 Å². The van der Waals surface area contributed by atoms with E-state index in [1.807, 2.05) is 0 Å². The molecule has 2 rings (SSSR count). The molecule has 1 heterocycles. The Kier molecular flexibility index (Phi) is 2.63. The number of hydrogen-bond acceptors (Lipinski definition) is 1. The average Bonchev–Trinajstić information content (AvgIpc) is 2.07. The smallest absolute Gasteiger partial charge is 0.0606 e. The first-order valence-electron chi connectivity index (χ1n) is 6.09. The molecule has 1 saturated heterocycles. The zero-order valence-corrected chi connectivity index (χ0v) is 10.0. The molecule has 0 unspecified atom stereocenters. The van der Waals surface area contributed by atoms with Crippen molar-refractivity contribution in [1.29, 1.82) is 0 Å². The normalized spacial score (nSPS) is 47.1. The van der Waals surface area contributed by atoms with Crippen LogP contribution in [0.2, 0.25) is 0 Å². The van der Waals surface area contributed by atoms with E-state index in [1.165, 1.54) is 19.3 Å². The Balaban J connectivity index is 2.02. The summed E-state index contributed by atoms with van der Waals surface area (Å²) in [5, 5.41) is 0. The summed E-state index contributed by atoms with van der Waals surface area (Å²) in [6.45, 7) is 10.4. The Morgan fingerprint density at radius 1 is 1.07 bits per heavy atom. The van der Waals surface area contributed by atoms with E-state index in [0.717, 1.165) is 24.4 Å². The Morgan fingerprint density at radius 3 is 2.43 bits per heavy atom. The standard InChI is InChI=1S/C13H24O/c1-9-5-11-7-13(3,4)8-14-12(11)6-10(9)2/h9-12H,5-8H2,1-4H3/t9-,10+,11+,12-/m1/s1. The van der Waals surface area contributed by atoms with Gasteiger partial charge in [-0.2, -0.15) is 0 Å². The molecule has 1 saturated carbocycles. The Labute approximate surface area is 88.2 Å². The van der Waals surface area contributed by atoms with E-state index in [0.29, 0.717) is 11.5 Å². The molecule has 2 fully saturated rings. The van der Waals surface area contributed by atoms with Gasteiger partial charge in [0.15, 0.2) is 0 Å². The molecule has 0 bridgehead atoms. The molecule has 14 heavy (non-hydrogen) atoms. The van der Waals surface area contributed by atoms with Crippen molar-refractivity contribution in [3.05, 3.63) is 0 Å². The van der Waals surface area contributed by atoms with Crippen molar-refractivity contribution in [2.24, 2.45) is 23.2 Å². The van der Waals surface area contributed by atoms with Gasteiger partial charge in [-0.1, -0.05) is 27.7 Å². The summed E-state index contributed by atoms with van der Waals surface area (Å²) in [5.41, 5.74) is 0.418. The van der Waals surface area contributed by atoms with Gasteiger partial charge in [0.25, 0.3) is 0 Å². The fraction of sp³-hybridized carbons (Fsp3) is 1.00. The van der Waals surface area contributed by atoms with Gasteiger partial charge in [-0.15, -0.1) is 0 Å². The van der Waals surface area contributed by atoms with E-state index in [9.17, 15) is 0 Å². The van der Waals surface area contributed by atoms with E-state index < -0.39 is 0 Å². The highest BCUT2D eigenvalue weighted by atomic mass is 16.5. The highest BCUT2D eigenvalue weighted by molar-refractivity contribution is 4.90. The molecule has 0 spiro atoms. The van der Waals surface area contributed by atoms with Crippen molar-refractivity contribution in [1.82, 2.24) is 0 Å². The summed E-state index contributed by atoms with van der Waals surface area (Å²) in [5.74, 6) is 2.59. The summed E-state index contributed by atoms with van der Waals surface area (Å²) in [6.07, 6.45) is 4.63.